The molecule has 0 bridgehead atoms. The van der Waals surface area contributed by atoms with Gasteiger partial charge in [-0.1, -0.05) is 33.1 Å². The minimum absolute atomic E-state index is 0.0382. The second kappa shape index (κ2) is 10.5. The van der Waals surface area contributed by atoms with Crippen LogP contribution in [0, 0.1) is 5.92 Å². The first-order valence-electron chi connectivity index (χ1n) is 6.74. The van der Waals surface area contributed by atoms with Crippen LogP contribution in [0.2, 0.25) is 0 Å². The molecule has 0 aliphatic heterocycles. The van der Waals surface area contributed by atoms with Gasteiger partial charge in [-0.05, 0) is 18.9 Å². The summed E-state index contributed by atoms with van der Waals surface area (Å²) in [5.74, 6) is 0.341. The van der Waals surface area contributed by atoms with E-state index in [1.165, 1.54) is 12.8 Å². The molecule has 0 aromatic carbocycles. The summed E-state index contributed by atoms with van der Waals surface area (Å²) in [6.07, 6.45) is 5.07. The minimum atomic E-state index is 0.0382. The first-order valence-corrected chi connectivity index (χ1v) is 6.74. The van der Waals surface area contributed by atoms with Gasteiger partial charge < -0.3 is 15.7 Å². The third kappa shape index (κ3) is 8.16. The zero-order chi connectivity index (χ0) is 13.1. The molecule has 1 unspecified atom stereocenters. The van der Waals surface area contributed by atoms with Crippen molar-refractivity contribution in [3.05, 3.63) is 0 Å². The van der Waals surface area contributed by atoms with E-state index in [4.69, 9.17) is 10.8 Å². The Morgan fingerprint density at radius 1 is 1.29 bits per heavy atom. The van der Waals surface area contributed by atoms with Gasteiger partial charge in [0.05, 0.1) is 6.61 Å². The molecule has 1 amide bonds. The molecule has 3 N–H and O–H groups in total. The van der Waals surface area contributed by atoms with Crippen LogP contribution in [0.25, 0.3) is 0 Å². The van der Waals surface area contributed by atoms with Crippen LogP contribution in [-0.2, 0) is 4.79 Å². The predicted molar refractivity (Wildman–Crippen MR) is 70.6 cm³/mol. The van der Waals surface area contributed by atoms with Crippen LogP contribution in [0.1, 0.15) is 46.0 Å². The number of amides is 1. The Morgan fingerprint density at radius 2 is 2.00 bits per heavy atom. The van der Waals surface area contributed by atoms with Gasteiger partial charge in [-0.2, -0.15) is 0 Å². The maximum atomic E-state index is 11.9. The number of hydrogen-bond acceptors (Lipinski definition) is 3. The van der Waals surface area contributed by atoms with Crippen molar-refractivity contribution in [3.63, 3.8) is 0 Å². The Balaban J connectivity index is 3.98. The van der Waals surface area contributed by atoms with E-state index >= 15 is 0 Å². The molecular formula is C13H28N2O2. The lowest BCUT2D eigenvalue weighted by molar-refractivity contribution is -0.132. The molecule has 1 atom stereocenters. The quantitative estimate of drug-likeness (QED) is 0.570. The SMILES string of the molecule is CCCCCCN(CCO)C(=O)CC(C)CN. The largest absolute Gasteiger partial charge is 0.395 e. The van der Waals surface area contributed by atoms with E-state index in [2.05, 4.69) is 6.92 Å². The van der Waals surface area contributed by atoms with Gasteiger partial charge in [0, 0.05) is 19.5 Å². The molecule has 17 heavy (non-hydrogen) atoms. The summed E-state index contributed by atoms with van der Waals surface area (Å²) in [6.45, 7) is 5.93. The van der Waals surface area contributed by atoms with Gasteiger partial charge in [-0.25, -0.2) is 0 Å². The number of hydrogen-bond donors (Lipinski definition) is 2. The fourth-order valence-corrected chi connectivity index (χ4v) is 1.72. The number of unbranched alkanes of at least 4 members (excludes halogenated alkanes) is 3. The number of carbonyl (C=O) groups excluding carboxylic acids is 1. The number of nitrogens with zero attached hydrogens (tertiary/aromatic N) is 1. The average Bonchev–Trinajstić information content (AvgIpc) is 2.32. The molecule has 4 heteroatoms. The van der Waals surface area contributed by atoms with Crippen LogP contribution in [0.5, 0.6) is 0 Å². The van der Waals surface area contributed by atoms with Crippen molar-refractivity contribution >= 4 is 5.91 Å². The zero-order valence-electron chi connectivity index (χ0n) is 11.3. The lowest BCUT2D eigenvalue weighted by atomic mass is 10.1. The first kappa shape index (κ1) is 16.4. The molecule has 0 aromatic rings. The number of nitrogens with two attached hydrogens (primary N) is 1. The van der Waals surface area contributed by atoms with Crippen molar-refractivity contribution in [1.82, 2.24) is 4.90 Å². The summed E-state index contributed by atoms with van der Waals surface area (Å²) in [5, 5.41) is 8.96. The van der Waals surface area contributed by atoms with E-state index in [1.54, 1.807) is 4.90 Å². The zero-order valence-corrected chi connectivity index (χ0v) is 11.3. The number of carbonyl (C=O) groups is 1. The number of aliphatic hydroxyl groups is 1. The van der Waals surface area contributed by atoms with Gasteiger partial charge in [-0.15, -0.1) is 0 Å². The Kier molecular flexibility index (Phi) is 10.2. The van der Waals surface area contributed by atoms with Crippen molar-refractivity contribution in [1.29, 1.82) is 0 Å². The van der Waals surface area contributed by atoms with E-state index in [-0.39, 0.29) is 18.4 Å². The van der Waals surface area contributed by atoms with Crippen LogP contribution in [0.4, 0.5) is 0 Å². The molecule has 0 saturated carbocycles. The monoisotopic (exact) mass is 244 g/mol. The van der Waals surface area contributed by atoms with Crippen LogP contribution in [-0.4, -0.2) is 42.2 Å². The standard InChI is InChI=1S/C13H28N2O2/c1-3-4-5-6-7-15(8-9-16)13(17)10-12(2)11-14/h12,16H,3-11,14H2,1-2H3. The van der Waals surface area contributed by atoms with Crippen molar-refractivity contribution in [3.8, 4) is 0 Å². The average molecular weight is 244 g/mol. The fourth-order valence-electron chi connectivity index (χ4n) is 1.72. The molecule has 0 radical (unpaired) electrons. The molecule has 0 heterocycles. The second-order valence-electron chi connectivity index (χ2n) is 4.71. The topological polar surface area (TPSA) is 66.6 Å². The molecular weight excluding hydrogens is 216 g/mol. The summed E-state index contributed by atoms with van der Waals surface area (Å²) in [7, 11) is 0. The third-order valence-corrected chi connectivity index (χ3v) is 2.93. The van der Waals surface area contributed by atoms with Crippen molar-refractivity contribution in [2.24, 2.45) is 11.7 Å². The molecule has 0 rings (SSSR count). The van der Waals surface area contributed by atoms with Crippen LogP contribution in [0.3, 0.4) is 0 Å². The van der Waals surface area contributed by atoms with Gasteiger partial charge in [0.1, 0.15) is 0 Å². The summed E-state index contributed by atoms with van der Waals surface area (Å²) in [4.78, 5) is 13.7. The van der Waals surface area contributed by atoms with Crippen LogP contribution in [0.15, 0.2) is 0 Å². The van der Waals surface area contributed by atoms with Gasteiger partial charge in [0.25, 0.3) is 0 Å². The molecule has 4 nitrogen and oxygen atoms in total. The van der Waals surface area contributed by atoms with Crippen molar-refractivity contribution in [2.75, 3.05) is 26.2 Å². The van der Waals surface area contributed by atoms with Gasteiger partial charge in [0.2, 0.25) is 5.91 Å². The predicted octanol–water partition coefficient (Wildman–Crippen LogP) is 1.37. The summed E-state index contributed by atoms with van der Waals surface area (Å²) >= 11 is 0. The Bertz CT molecular complexity index is 198. The van der Waals surface area contributed by atoms with Crippen molar-refractivity contribution in [2.45, 2.75) is 46.0 Å². The van der Waals surface area contributed by atoms with Crippen LogP contribution >= 0.6 is 0 Å². The Morgan fingerprint density at radius 3 is 2.53 bits per heavy atom. The smallest absolute Gasteiger partial charge is 0.222 e. The molecule has 0 saturated heterocycles. The van der Waals surface area contributed by atoms with E-state index in [9.17, 15) is 4.79 Å². The summed E-state index contributed by atoms with van der Waals surface area (Å²) in [5.41, 5.74) is 5.51. The van der Waals surface area contributed by atoms with Gasteiger partial charge in [0.15, 0.2) is 0 Å². The Labute approximate surface area is 105 Å². The highest BCUT2D eigenvalue weighted by molar-refractivity contribution is 5.76. The van der Waals surface area contributed by atoms with Gasteiger partial charge >= 0.3 is 0 Å². The molecule has 0 spiro atoms. The van der Waals surface area contributed by atoms with E-state index in [0.717, 1.165) is 19.4 Å². The fraction of sp³-hybridized carbons (Fsp3) is 0.923. The molecule has 0 aliphatic rings. The number of rotatable bonds is 10. The summed E-state index contributed by atoms with van der Waals surface area (Å²) in [6, 6.07) is 0. The third-order valence-electron chi connectivity index (χ3n) is 2.93. The number of aliphatic hydroxyl groups excluding tert-OH is 1. The summed E-state index contributed by atoms with van der Waals surface area (Å²) < 4.78 is 0. The molecule has 0 aromatic heterocycles. The maximum Gasteiger partial charge on any atom is 0.222 e. The Hall–Kier alpha value is -0.610. The lowest BCUT2D eigenvalue weighted by Gasteiger charge is -2.23. The highest BCUT2D eigenvalue weighted by Crippen LogP contribution is 2.06. The van der Waals surface area contributed by atoms with E-state index < -0.39 is 0 Å². The van der Waals surface area contributed by atoms with Crippen LogP contribution < -0.4 is 5.73 Å². The van der Waals surface area contributed by atoms with E-state index in [1.807, 2.05) is 6.92 Å². The molecule has 102 valence electrons. The highest BCUT2D eigenvalue weighted by atomic mass is 16.3. The second-order valence-corrected chi connectivity index (χ2v) is 4.71. The first-order chi connectivity index (χ1) is 8.15. The minimum Gasteiger partial charge on any atom is -0.395 e. The highest BCUT2D eigenvalue weighted by Gasteiger charge is 2.15. The molecule has 0 aliphatic carbocycles. The van der Waals surface area contributed by atoms with Crippen molar-refractivity contribution < 1.29 is 9.90 Å². The maximum absolute atomic E-state index is 11.9. The lowest BCUT2D eigenvalue weighted by Crippen LogP contribution is -2.36. The van der Waals surface area contributed by atoms with E-state index in [0.29, 0.717) is 19.5 Å². The molecule has 0 fully saturated rings. The normalized spacial score (nSPS) is 12.5. The van der Waals surface area contributed by atoms with Gasteiger partial charge in [-0.3, -0.25) is 4.79 Å².